The number of hydrogen-bond donors (Lipinski definition) is 0. The fraction of sp³-hybridized carbons (Fsp3) is 0.286. The second-order valence-electron chi connectivity index (χ2n) is 4.36. The van der Waals surface area contributed by atoms with Crippen molar-refractivity contribution in [2.75, 3.05) is 0 Å². The lowest BCUT2D eigenvalue weighted by Crippen LogP contribution is -2.24. The van der Waals surface area contributed by atoms with Crippen LogP contribution in [-0.2, 0) is 6.54 Å². The number of hydrogen-bond acceptors (Lipinski definition) is 2. The van der Waals surface area contributed by atoms with Gasteiger partial charge in [-0.25, -0.2) is 4.98 Å². The predicted molar refractivity (Wildman–Crippen MR) is 86.6 cm³/mol. The molecule has 0 bridgehead atoms. The summed E-state index contributed by atoms with van der Waals surface area (Å²) in [5.41, 5.74) is 1.15. The molecule has 0 saturated carbocycles. The van der Waals surface area contributed by atoms with Crippen molar-refractivity contribution >= 4 is 39.1 Å². The number of unbranched alkanes of at least 4 members (excludes halogenated alkanes) is 1. The summed E-state index contributed by atoms with van der Waals surface area (Å²) in [6, 6.07) is 7.58. The van der Waals surface area contributed by atoms with Crippen molar-refractivity contribution in [3.05, 3.63) is 49.4 Å². The molecule has 0 unspecified atom stereocenters. The molecule has 1 aromatic heterocycles. The van der Waals surface area contributed by atoms with E-state index in [0.717, 1.165) is 22.9 Å². The summed E-state index contributed by atoms with van der Waals surface area (Å²) in [4.78, 5) is 16.1. The molecule has 0 radical (unpaired) electrons. The Labute approximate surface area is 135 Å². The molecule has 0 aliphatic rings. The predicted octanol–water partition coefficient (Wildman–Crippen LogP) is 4.78. The Hall–Kier alpha value is -0.840. The second-order valence-corrected chi connectivity index (χ2v) is 5.99. The SMILES string of the molecule is CCCCn1c(-c2ccc(Br)cc2)c(Cl)nc(Cl)c1=O. The van der Waals surface area contributed by atoms with Gasteiger partial charge in [-0.05, 0) is 18.6 Å². The van der Waals surface area contributed by atoms with Gasteiger partial charge in [0, 0.05) is 16.6 Å². The van der Waals surface area contributed by atoms with Gasteiger partial charge in [0.1, 0.15) is 0 Å². The zero-order valence-corrected chi connectivity index (χ0v) is 14.0. The molecule has 0 amide bonds. The zero-order chi connectivity index (χ0) is 14.7. The molecule has 0 saturated heterocycles. The number of halogens is 3. The number of aromatic nitrogens is 2. The van der Waals surface area contributed by atoms with E-state index in [2.05, 4.69) is 27.8 Å². The van der Waals surface area contributed by atoms with Gasteiger partial charge in [0.2, 0.25) is 0 Å². The highest BCUT2D eigenvalue weighted by Gasteiger charge is 2.15. The number of benzene rings is 1. The average Bonchev–Trinajstić information content (AvgIpc) is 2.42. The monoisotopic (exact) mass is 374 g/mol. The summed E-state index contributed by atoms with van der Waals surface area (Å²) in [6.45, 7) is 2.64. The first kappa shape index (κ1) is 15.5. The first-order valence-electron chi connectivity index (χ1n) is 6.26. The van der Waals surface area contributed by atoms with Crippen LogP contribution in [0, 0.1) is 0 Å². The van der Waals surface area contributed by atoms with Crippen molar-refractivity contribution in [3.8, 4) is 11.3 Å². The van der Waals surface area contributed by atoms with E-state index in [9.17, 15) is 4.79 Å². The van der Waals surface area contributed by atoms with Crippen molar-refractivity contribution in [2.45, 2.75) is 26.3 Å². The van der Waals surface area contributed by atoms with Gasteiger partial charge in [-0.2, -0.15) is 0 Å². The van der Waals surface area contributed by atoms with Crippen molar-refractivity contribution in [1.29, 1.82) is 0 Å². The van der Waals surface area contributed by atoms with E-state index in [-0.39, 0.29) is 15.9 Å². The van der Waals surface area contributed by atoms with Crippen LogP contribution in [-0.4, -0.2) is 9.55 Å². The van der Waals surface area contributed by atoms with E-state index in [4.69, 9.17) is 23.2 Å². The maximum Gasteiger partial charge on any atom is 0.288 e. The minimum atomic E-state index is -0.303. The maximum absolute atomic E-state index is 12.2. The standard InChI is InChI=1S/C14H13BrCl2N2O/c1-2-3-8-19-11(9-4-6-10(15)7-5-9)12(16)18-13(17)14(19)20/h4-7H,2-3,8H2,1H3. The second kappa shape index (κ2) is 6.74. The van der Waals surface area contributed by atoms with E-state index in [0.29, 0.717) is 12.2 Å². The maximum atomic E-state index is 12.2. The Morgan fingerprint density at radius 2 is 1.85 bits per heavy atom. The molecule has 0 spiro atoms. The fourth-order valence-electron chi connectivity index (χ4n) is 1.92. The Bertz CT molecular complexity index is 668. The minimum absolute atomic E-state index is 0.0908. The molecule has 0 aliphatic carbocycles. The van der Waals surface area contributed by atoms with Crippen LogP contribution in [0.1, 0.15) is 19.8 Å². The molecule has 20 heavy (non-hydrogen) atoms. The van der Waals surface area contributed by atoms with E-state index in [1.807, 2.05) is 24.3 Å². The normalized spacial score (nSPS) is 10.8. The van der Waals surface area contributed by atoms with Crippen LogP contribution in [0.4, 0.5) is 0 Å². The van der Waals surface area contributed by atoms with Gasteiger partial charge in [0.05, 0.1) is 5.69 Å². The molecule has 0 fully saturated rings. The molecule has 2 rings (SSSR count). The third-order valence-corrected chi connectivity index (χ3v) is 3.97. The van der Waals surface area contributed by atoms with E-state index in [1.165, 1.54) is 0 Å². The Morgan fingerprint density at radius 1 is 1.20 bits per heavy atom. The molecule has 1 aromatic carbocycles. The van der Waals surface area contributed by atoms with Crippen LogP contribution >= 0.6 is 39.1 Å². The number of rotatable bonds is 4. The van der Waals surface area contributed by atoms with Crippen molar-refractivity contribution < 1.29 is 0 Å². The zero-order valence-electron chi connectivity index (χ0n) is 10.9. The van der Waals surface area contributed by atoms with Crippen molar-refractivity contribution in [3.63, 3.8) is 0 Å². The van der Waals surface area contributed by atoms with Crippen LogP contribution in [0.15, 0.2) is 33.5 Å². The van der Waals surface area contributed by atoms with Crippen molar-refractivity contribution in [1.82, 2.24) is 9.55 Å². The third kappa shape index (κ3) is 3.25. The first-order chi connectivity index (χ1) is 9.54. The lowest BCUT2D eigenvalue weighted by molar-refractivity contribution is 0.615. The highest BCUT2D eigenvalue weighted by molar-refractivity contribution is 9.10. The lowest BCUT2D eigenvalue weighted by atomic mass is 10.1. The molecule has 3 nitrogen and oxygen atoms in total. The van der Waals surface area contributed by atoms with E-state index < -0.39 is 0 Å². The van der Waals surface area contributed by atoms with Gasteiger partial charge in [-0.15, -0.1) is 0 Å². The molecular weight excluding hydrogens is 363 g/mol. The van der Waals surface area contributed by atoms with Gasteiger partial charge in [-0.1, -0.05) is 64.6 Å². The fourth-order valence-corrected chi connectivity index (χ4v) is 2.71. The molecular formula is C14H13BrCl2N2O. The highest BCUT2D eigenvalue weighted by Crippen LogP contribution is 2.27. The van der Waals surface area contributed by atoms with E-state index in [1.54, 1.807) is 4.57 Å². The molecule has 106 valence electrons. The summed E-state index contributed by atoms with van der Waals surface area (Å²) >= 11 is 15.4. The van der Waals surface area contributed by atoms with E-state index >= 15 is 0 Å². The van der Waals surface area contributed by atoms with Crippen LogP contribution < -0.4 is 5.56 Å². The third-order valence-electron chi connectivity index (χ3n) is 2.94. The topological polar surface area (TPSA) is 34.9 Å². The quantitative estimate of drug-likeness (QED) is 0.770. The Morgan fingerprint density at radius 3 is 2.45 bits per heavy atom. The Kier molecular flexibility index (Phi) is 5.24. The van der Waals surface area contributed by atoms with Gasteiger partial charge >= 0.3 is 0 Å². The van der Waals surface area contributed by atoms with Crippen LogP contribution in [0.5, 0.6) is 0 Å². The first-order valence-corrected chi connectivity index (χ1v) is 7.81. The van der Waals surface area contributed by atoms with Gasteiger partial charge in [0.15, 0.2) is 10.3 Å². The average molecular weight is 376 g/mol. The Balaban J connectivity index is 2.63. The summed E-state index contributed by atoms with van der Waals surface area (Å²) < 4.78 is 2.56. The number of nitrogens with zero attached hydrogens (tertiary/aromatic N) is 2. The summed E-state index contributed by atoms with van der Waals surface area (Å²) in [5, 5.41) is 0.153. The summed E-state index contributed by atoms with van der Waals surface area (Å²) in [7, 11) is 0. The van der Waals surface area contributed by atoms with Gasteiger partial charge in [0.25, 0.3) is 5.56 Å². The summed E-state index contributed by atoms with van der Waals surface area (Å²) in [6.07, 6.45) is 1.85. The largest absolute Gasteiger partial charge is 0.303 e. The molecule has 0 N–H and O–H groups in total. The smallest absolute Gasteiger partial charge is 0.288 e. The molecule has 0 atom stereocenters. The highest BCUT2D eigenvalue weighted by atomic mass is 79.9. The molecule has 0 aliphatic heterocycles. The van der Waals surface area contributed by atoms with Crippen LogP contribution in [0.2, 0.25) is 10.3 Å². The molecule has 1 heterocycles. The van der Waals surface area contributed by atoms with Gasteiger partial charge in [-0.3, -0.25) is 4.79 Å². The van der Waals surface area contributed by atoms with Crippen LogP contribution in [0.25, 0.3) is 11.3 Å². The minimum Gasteiger partial charge on any atom is -0.303 e. The molecule has 2 aromatic rings. The van der Waals surface area contributed by atoms with Crippen molar-refractivity contribution in [2.24, 2.45) is 0 Å². The van der Waals surface area contributed by atoms with Gasteiger partial charge < -0.3 is 4.57 Å². The molecule has 6 heteroatoms. The summed E-state index contributed by atoms with van der Waals surface area (Å²) in [5.74, 6) is 0. The lowest BCUT2D eigenvalue weighted by Gasteiger charge is -2.14. The van der Waals surface area contributed by atoms with Crippen LogP contribution in [0.3, 0.4) is 0 Å².